The van der Waals surface area contributed by atoms with Gasteiger partial charge in [-0.2, -0.15) is 0 Å². The van der Waals surface area contributed by atoms with Gasteiger partial charge in [-0.1, -0.05) is 68.0 Å². The van der Waals surface area contributed by atoms with E-state index in [0.717, 1.165) is 0 Å². The molecule has 80 valence electrons. The summed E-state index contributed by atoms with van der Waals surface area (Å²) in [7, 11) is 0. The molecule has 0 atom stereocenters. The van der Waals surface area contributed by atoms with Gasteiger partial charge in [0.2, 0.25) is 0 Å². The van der Waals surface area contributed by atoms with Crippen molar-refractivity contribution in [3.63, 3.8) is 0 Å². The molecule has 0 amide bonds. The van der Waals surface area contributed by atoms with Gasteiger partial charge in [0.05, 0.1) is 0 Å². The van der Waals surface area contributed by atoms with Gasteiger partial charge in [-0.3, -0.25) is 0 Å². The fourth-order valence-corrected chi connectivity index (χ4v) is 1.39. The normalized spacial score (nSPS) is 17.0. The third-order valence-electron chi connectivity index (χ3n) is 2.24. The van der Waals surface area contributed by atoms with Crippen LogP contribution >= 0.6 is 0 Å². The van der Waals surface area contributed by atoms with Gasteiger partial charge >= 0.3 is 0 Å². The van der Waals surface area contributed by atoms with Crippen LogP contribution in [0.15, 0.2) is 60.3 Å². The molecule has 0 fully saturated rings. The van der Waals surface area contributed by atoms with Gasteiger partial charge in [0, 0.05) is 0 Å². The quantitative estimate of drug-likeness (QED) is 0.563. The summed E-state index contributed by atoms with van der Waals surface area (Å²) in [6.45, 7) is 2.19. The molecule has 0 unspecified atom stereocenters. The van der Waals surface area contributed by atoms with Gasteiger partial charge in [0.15, 0.2) is 0 Å². The van der Waals surface area contributed by atoms with Crippen LogP contribution < -0.4 is 0 Å². The monoisotopic (exact) mass is 200 g/mol. The van der Waals surface area contributed by atoms with Gasteiger partial charge in [-0.05, 0) is 24.8 Å². The molecule has 15 heavy (non-hydrogen) atoms. The first-order valence-corrected chi connectivity index (χ1v) is 5.80. The highest BCUT2D eigenvalue weighted by Crippen LogP contribution is 2.10. The van der Waals surface area contributed by atoms with E-state index in [1.54, 1.807) is 0 Å². The van der Waals surface area contributed by atoms with Crippen LogP contribution in [-0.4, -0.2) is 0 Å². The number of rotatable bonds is 5. The second-order valence-corrected chi connectivity index (χ2v) is 3.64. The maximum Gasteiger partial charge on any atom is -0.0300 e. The lowest BCUT2D eigenvalue weighted by Crippen LogP contribution is -1.79. The smallest absolute Gasteiger partial charge is 0.0300 e. The lowest BCUT2D eigenvalue weighted by molar-refractivity contribution is 0.959. The van der Waals surface area contributed by atoms with Crippen molar-refractivity contribution >= 4 is 0 Å². The lowest BCUT2D eigenvalue weighted by Gasteiger charge is -1.99. The zero-order valence-electron chi connectivity index (χ0n) is 9.52. The summed E-state index contributed by atoms with van der Waals surface area (Å²) in [5, 5.41) is 0. The molecule has 0 N–H and O–H groups in total. The molecule has 0 aromatic rings. The van der Waals surface area contributed by atoms with E-state index in [2.05, 4.69) is 61.6 Å². The van der Waals surface area contributed by atoms with Crippen molar-refractivity contribution in [2.24, 2.45) is 0 Å². The Morgan fingerprint density at radius 2 is 2.00 bits per heavy atom. The van der Waals surface area contributed by atoms with E-state index in [1.165, 1.54) is 31.3 Å². The standard InChI is InChI=1S/C15H20/c1-2-3-4-5-6-7-9-12-15-13-10-8-11-14-15/h4-7,9-10,12-14H,2-3,8,11H2,1H3/b5-4+,7-6-,12-9+. The lowest BCUT2D eigenvalue weighted by atomic mass is 10.1. The average Bonchev–Trinajstić information content (AvgIpc) is 2.29. The van der Waals surface area contributed by atoms with Crippen LogP contribution in [-0.2, 0) is 0 Å². The number of unbranched alkanes of at least 4 members (excludes halogenated alkanes) is 1. The van der Waals surface area contributed by atoms with Crippen molar-refractivity contribution in [2.45, 2.75) is 32.6 Å². The van der Waals surface area contributed by atoms with Crippen molar-refractivity contribution in [1.29, 1.82) is 0 Å². The van der Waals surface area contributed by atoms with E-state index in [0.29, 0.717) is 0 Å². The van der Waals surface area contributed by atoms with Gasteiger partial charge in [-0.15, -0.1) is 0 Å². The second-order valence-electron chi connectivity index (χ2n) is 3.64. The topological polar surface area (TPSA) is 0 Å². The highest BCUT2D eigenvalue weighted by molar-refractivity contribution is 5.34. The Hall–Kier alpha value is -1.30. The molecule has 0 saturated carbocycles. The van der Waals surface area contributed by atoms with Crippen molar-refractivity contribution in [3.05, 3.63) is 60.3 Å². The Morgan fingerprint density at radius 3 is 2.73 bits per heavy atom. The summed E-state index contributed by atoms with van der Waals surface area (Å²) < 4.78 is 0. The first-order chi connectivity index (χ1) is 7.43. The Labute approximate surface area is 93.4 Å². The summed E-state index contributed by atoms with van der Waals surface area (Å²) in [6.07, 6.45) is 24.2. The summed E-state index contributed by atoms with van der Waals surface area (Å²) in [4.78, 5) is 0. The Morgan fingerprint density at radius 1 is 1.13 bits per heavy atom. The molecule has 0 aromatic heterocycles. The van der Waals surface area contributed by atoms with E-state index in [1.807, 2.05) is 0 Å². The van der Waals surface area contributed by atoms with E-state index in [-0.39, 0.29) is 0 Å². The van der Waals surface area contributed by atoms with Crippen molar-refractivity contribution in [3.8, 4) is 0 Å². The Bertz CT molecular complexity index is 298. The molecule has 0 nitrogen and oxygen atoms in total. The van der Waals surface area contributed by atoms with Crippen LogP contribution in [0.3, 0.4) is 0 Å². The second kappa shape index (κ2) is 8.05. The van der Waals surface area contributed by atoms with Gasteiger partial charge < -0.3 is 0 Å². The fourth-order valence-electron chi connectivity index (χ4n) is 1.39. The van der Waals surface area contributed by atoms with Crippen LogP contribution in [0.4, 0.5) is 0 Å². The molecule has 0 spiro atoms. The largest absolute Gasteiger partial charge is 0.0845 e. The average molecular weight is 200 g/mol. The minimum atomic E-state index is 1.17. The SMILES string of the molecule is CCC/C=C/C=C\C=C\C1=CCCC=C1. The molecule has 0 heteroatoms. The van der Waals surface area contributed by atoms with Crippen molar-refractivity contribution in [2.75, 3.05) is 0 Å². The molecule has 1 aliphatic rings. The van der Waals surface area contributed by atoms with Gasteiger partial charge in [0.1, 0.15) is 0 Å². The third kappa shape index (κ3) is 5.90. The Balaban J connectivity index is 2.26. The molecular formula is C15H20. The van der Waals surface area contributed by atoms with E-state index >= 15 is 0 Å². The van der Waals surface area contributed by atoms with Crippen molar-refractivity contribution in [1.82, 2.24) is 0 Å². The maximum absolute atomic E-state index is 2.28. The van der Waals surface area contributed by atoms with Crippen molar-refractivity contribution < 1.29 is 0 Å². The van der Waals surface area contributed by atoms with Crippen LogP contribution in [0.25, 0.3) is 0 Å². The summed E-state index contributed by atoms with van der Waals surface area (Å²) >= 11 is 0. The summed E-state index contributed by atoms with van der Waals surface area (Å²) in [6, 6.07) is 0. The molecule has 0 saturated heterocycles. The zero-order chi connectivity index (χ0) is 10.8. The minimum Gasteiger partial charge on any atom is -0.0845 e. The number of hydrogen-bond donors (Lipinski definition) is 0. The summed E-state index contributed by atoms with van der Waals surface area (Å²) in [5.41, 5.74) is 1.32. The molecule has 0 aliphatic heterocycles. The Kier molecular flexibility index (Phi) is 6.31. The molecule has 0 bridgehead atoms. The van der Waals surface area contributed by atoms with E-state index in [9.17, 15) is 0 Å². The van der Waals surface area contributed by atoms with E-state index < -0.39 is 0 Å². The predicted octanol–water partition coefficient (Wildman–Crippen LogP) is 4.73. The molecule has 1 rings (SSSR count). The number of allylic oxidation sites excluding steroid dienone is 10. The molecule has 0 radical (unpaired) electrons. The molecule has 0 heterocycles. The fraction of sp³-hybridized carbons (Fsp3) is 0.333. The minimum absolute atomic E-state index is 1.17. The summed E-state index contributed by atoms with van der Waals surface area (Å²) in [5.74, 6) is 0. The van der Waals surface area contributed by atoms with Crippen LogP contribution in [0.1, 0.15) is 32.6 Å². The van der Waals surface area contributed by atoms with Gasteiger partial charge in [-0.25, -0.2) is 0 Å². The number of hydrogen-bond acceptors (Lipinski definition) is 0. The molecule has 0 aromatic carbocycles. The maximum atomic E-state index is 2.28. The molecule has 1 aliphatic carbocycles. The van der Waals surface area contributed by atoms with E-state index in [4.69, 9.17) is 0 Å². The highest BCUT2D eigenvalue weighted by atomic mass is 14.0. The third-order valence-corrected chi connectivity index (χ3v) is 2.24. The first-order valence-electron chi connectivity index (χ1n) is 5.80. The first kappa shape index (κ1) is 11.8. The van der Waals surface area contributed by atoms with Crippen LogP contribution in [0.2, 0.25) is 0 Å². The predicted molar refractivity (Wildman–Crippen MR) is 68.8 cm³/mol. The van der Waals surface area contributed by atoms with Crippen LogP contribution in [0.5, 0.6) is 0 Å². The van der Waals surface area contributed by atoms with Gasteiger partial charge in [0.25, 0.3) is 0 Å². The molecular weight excluding hydrogens is 180 g/mol. The van der Waals surface area contributed by atoms with Crippen LogP contribution in [0, 0.1) is 0 Å². The highest BCUT2D eigenvalue weighted by Gasteiger charge is 1.90. The zero-order valence-corrected chi connectivity index (χ0v) is 9.52.